The van der Waals surface area contributed by atoms with Crippen LogP contribution in [0.2, 0.25) is 0 Å². The van der Waals surface area contributed by atoms with Crippen molar-refractivity contribution >= 4 is 0 Å². The van der Waals surface area contributed by atoms with Gasteiger partial charge >= 0.3 is 0 Å². The van der Waals surface area contributed by atoms with Crippen molar-refractivity contribution in [2.24, 2.45) is 12.9 Å². The zero-order valence-electron chi connectivity index (χ0n) is 7.81. The Morgan fingerprint density at radius 3 is 3.00 bits per heavy atom. The molecule has 1 unspecified atom stereocenters. The fraction of sp³-hybridized carbons (Fsp3) is 0.250. The second-order valence-electron chi connectivity index (χ2n) is 2.99. The number of aryl methyl sites for hydroxylation is 1. The van der Waals surface area contributed by atoms with Crippen molar-refractivity contribution in [3.63, 3.8) is 0 Å². The first-order chi connectivity index (χ1) is 6.81. The summed E-state index contributed by atoms with van der Waals surface area (Å²) in [7, 11) is 1.86. The number of aromatic amines is 1. The Hall–Kier alpha value is -1.66. The highest BCUT2D eigenvalue weighted by atomic mass is 15.3. The van der Waals surface area contributed by atoms with Crippen LogP contribution >= 0.6 is 0 Å². The number of H-pyrrole nitrogens is 1. The third kappa shape index (κ3) is 1.52. The molecule has 2 aromatic heterocycles. The quantitative estimate of drug-likeness (QED) is 0.460. The molecule has 0 radical (unpaired) electrons. The van der Waals surface area contributed by atoms with Gasteiger partial charge in [0.1, 0.15) is 11.9 Å². The Morgan fingerprint density at radius 2 is 2.50 bits per heavy atom. The van der Waals surface area contributed by atoms with Crippen molar-refractivity contribution in [3.8, 4) is 0 Å². The van der Waals surface area contributed by atoms with Gasteiger partial charge in [-0.05, 0) is 6.07 Å². The summed E-state index contributed by atoms with van der Waals surface area (Å²) in [5.74, 6) is 6.20. The van der Waals surface area contributed by atoms with E-state index in [9.17, 15) is 0 Å². The second kappa shape index (κ2) is 3.60. The van der Waals surface area contributed by atoms with E-state index in [4.69, 9.17) is 5.84 Å². The molecule has 74 valence electrons. The average molecular weight is 192 g/mol. The molecule has 0 amide bonds. The topological polar surface area (TPSA) is 84.5 Å². The van der Waals surface area contributed by atoms with Crippen LogP contribution in [0.1, 0.15) is 17.6 Å². The molecule has 1 atom stereocenters. The largest absolute Gasteiger partial charge is 0.347 e. The summed E-state index contributed by atoms with van der Waals surface area (Å²) >= 11 is 0. The first-order valence-electron chi connectivity index (χ1n) is 4.26. The van der Waals surface area contributed by atoms with E-state index < -0.39 is 0 Å². The fourth-order valence-corrected chi connectivity index (χ4v) is 1.33. The van der Waals surface area contributed by atoms with Crippen LogP contribution in [0, 0.1) is 0 Å². The Balaban J connectivity index is 2.31. The minimum atomic E-state index is -0.189. The number of imidazole rings is 1. The smallest absolute Gasteiger partial charge is 0.130 e. The Kier molecular flexibility index (Phi) is 2.30. The van der Waals surface area contributed by atoms with E-state index in [1.807, 2.05) is 19.3 Å². The molecule has 4 N–H and O–H groups in total. The van der Waals surface area contributed by atoms with Crippen LogP contribution in [-0.2, 0) is 7.05 Å². The van der Waals surface area contributed by atoms with Gasteiger partial charge in [0.05, 0.1) is 5.69 Å². The van der Waals surface area contributed by atoms with E-state index in [1.165, 1.54) is 0 Å². The highest BCUT2D eigenvalue weighted by Crippen LogP contribution is 2.14. The second-order valence-corrected chi connectivity index (χ2v) is 2.99. The summed E-state index contributed by atoms with van der Waals surface area (Å²) in [6.07, 6.45) is 5.30. The lowest BCUT2D eigenvalue weighted by molar-refractivity contribution is 0.580. The van der Waals surface area contributed by atoms with E-state index in [0.29, 0.717) is 0 Å². The molecule has 6 heteroatoms. The van der Waals surface area contributed by atoms with Gasteiger partial charge in [-0.15, -0.1) is 0 Å². The van der Waals surface area contributed by atoms with Gasteiger partial charge in [-0.3, -0.25) is 10.5 Å². The van der Waals surface area contributed by atoms with Crippen molar-refractivity contribution in [2.45, 2.75) is 6.04 Å². The Bertz CT molecular complexity index is 390. The van der Waals surface area contributed by atoms with Gasteiger partial charge < -0.3 is 4.98 Å². The highest BCUT2D eigenvalue weighted by molar-refractivity contribution is 5.14. The van der Waals surface area contributed by atoms with Crippen molar-refractivity contribution in [1.82, 2.24) is 25.2 Å². The third-order valence-corrected chi connectivity index (χ3v) is 1.99. The Morgan fingerprint density at radius 1 is 1.64 bits per heavy atom. The zero-order chi connectivity index (χ0) is 9.97. The number of nitrogens with two attached hydrogens (primary N) is 1. The number of hydrazine groups is 1. The molecule has 0 aliphatic heterocycles. The van der Waals surface area contributed by atoms with Gasteiger partial charge in [0, 0.05) is 25.6 Å². The maximum atomic E-state index is 5.45. The van der Waals surface area contributed by atoms with E-state index >= 15 is 0 Å². The molecule has 2 rings (SSSR count). The van der Waals surface area contributed by atoms with Crippen molar-refractivity contribution in [1.29, 1.82) is 0 Å². The molecule has 0 fully saturated rings. The summed E-state index contributed by atoms with van der Waals surface area (Å²) in [6.45, 7) is 0. The first kappa shape index (κ1) is 8.92. The minimum absolute atomic E-state index is 0.189. The van der Waals surface area contributed by atoms with Crippen LogP contribution in [-0.4, -0.2) is 19.7 Å². The zero-order valence-corrected chi connectivity index (χ0v) is 7.81. The molecule has 0 saturated carbocycles. The van der Waals surface area contributed by atoms with Crippen LogP contribution in [0.4, 0.5) is 0 Å². The van der Waals surface area contributed by atoms with E-state index in [0.717, 1.165) is 11.5 Å². The highest BCUT2D eigenvalue weighted by Gasteiger charge is 2.16. The summed E-state index contributed by atoms with van der Waals surface area (Å²) in [5.41, 5.74) is 3.50. The van der Waals surface area contributed by atoms with Crippen LogP contribution in [0.5, 0.6) is 0 Å². The number of aromatic nitrogens is 4. The summed E-state index contributed by atoms with van der Waals surface area (Å²) in [6, 6.07) is 1.71. The van der Waals surface area contributed by atoms with Crippen molar-refractivity contribution < 1.29 is 0 Å². The molecule has 0 aliphatic rings. The maximum Gasteiger partial charge on any atom is 0.130 e. The lowest BCUT2D eigenvalue weighted by Gasteiger charge is -2.09. The van der Waals surface area contributed by atoms with Crippen LogP contribution in [0.15, 0.2) is 24.7 Å². The number of nitrogens with zero attached hydrogens (tertiary/aromatic N) is 3. The van der Waals surface area contributed by atoms with Crippen LogP contribution in [0.3, 0.4) is 0 Å². The van der Waals surface area contributed by atoms with Crippen LogP contribution < -0.4 is 11.3 Å². The molecular weight excluding hydrogens is 180 g/mol. The molecule has 0 spiro atoms. The van der Waals surface area contributed by atoms with Gasteiger partial charge in [0.25, 0.3) is 0 Å². The molecule has 0 bridgehead atoms. The normalized spacial score (nSPS) is 13.0. The Labute approximate surface area is 81.1 Å². The van der Waals surface area contributed by atoms with Gasteiger partial charge in [0.15, 0.2) is 0 Å². The maximum absolute atomic E-state index is 5.45. The summed E-state index contributed by atoms with van der Waals surface area (Å²) in [5, 5.41) is 4.25. The standard InChI is InChI=1S/C8H12N6/c1-14-5-2-6(13-14)7(12-9)8-10-3-4-11-8/h2-5,7,12H,9H2,1H3,(H,10,11). The number of hydrogen-bond acceptors (Lipinski definition) is 4. The molecule has 2 aromatic rings. The molecular formula is C8H12N6. The minimum Gasteiger partial charge on any atom is -0.347 e. The molecule has 6 nitrogen and oxygen atoms in total. The van der Waals surface area contributed by atoms with Gasteiger partial charge in [0.2, 0.25) is 0 Å². The molecule has 2 heterocycles. The predicted octanol–water partition coefficient (Wildman–Crippen LogP) is -0.304. The van der Waals surface area contributed by atoms with E-state index in [-0.39, 0.29) is 6.04 Å². The van der Waals surface area contributed by atoms with E-state index in [2.05, 4.69) is 20.5 Å². The molecule has 0 aliphatic carbocycles. The van der Waals surface area contributed by atoms with E-state index in [1.54, 1.807) is 17.1 Å². The lowest BCUT2D eigenvalue weighted by atomic mass is 10.2. The molecule has 0 aromatic carbocycles. The van der Waals surface area contributed by atoms with Crippen LogP contribution in [0.25, 0.3) is 0 Å². The van der Waals surface area contributed by atoms with Crippen molar-refractivity contribution in [2.75, 3.05) is 0 Å². The molecule has 0 saturated heterocycles. The fourth-order valence-electron chi connectivity index (χ4n) is 1.33. The SMILES string of the molecule is Cn1ccc(C(NN)c2ncc[nH]2)n1. The summed E-state index contributed by atoms with van der Waals surface area (Å²) in [4.78, 5) is 7.12. The van der Waals surface area contributed by atoms with Crippen molar-refractivity contribution in [3.05, 3.63) is 36.2 Å². The van der Waals surface area contributed by atoms with Gasteiger partial charge in [-0.2, -0.15) is 5.10 Å². The number of rotatable bonds is 3. The predicted molar refractivity (Wildman–Crippen MR) is 51.0 cm³/mol. The van der Waals surface area contributed by atoms with Gasteiger partial charge in [-0.1, -0.05) is 0 Å². The first-order valence-corrected chi connectivity index (χ1v) is 4.26. The lowest BCUT2D eigenvalue weighted by Crippen LogP contribution is -2.30. The average Bonchev–Trinajstić information content (AvgIpc) is 2.79. The summed E-state index contributed by atoms with van der Waals surface area (Å²) < 4.78 is 1.72. The number of nitrogens with one attached hydrogen (secondary N) is 2. The number of hydrogen-bond donors (Lipinski definition) is 3. The van der Waals surface area contributed by atoms with Gasteiger partial charge in [-0.25, -0.2) is 10.4 Å². The monoisotopic (exact) mass is 192 g/mol. The third-order valence-electron chi connectivity index (χ3n) is 1.99. The molecule has 14 heavy (non-hydrogen) atoms.